The van der Waals surface area contributed by atoms with E-state index >= 15 is 0 Å². The first-order chi connectivity index (χ1) is 13.5. The van der Waals surface area contributed by atoms with Gasteiger partial charge in [-0.2, -0.15) is 0 Å². The van der Waals surface area contributed by atoms with Gasteiger partial charge in [-0.3, -0.25) is 9.78 Å². The van der Waals surface area contributed by atoms with E-state index in [0.717, 1.165) is 11.3 Å². The lowest BCUT2D eigenvalue weighted by atomic mass is 10.1. The van der Waals surface area contributed by atoms with Gasteiger partial charge in [0, 0.05) is 17.8 Å². The van der Waals surface area contributed by atoms with Crippen molar-refractivity contribution in [1.29, 1.82) is 0 Å². The molecule has 2 N–H and O–H groups in total. The molecule has 3 rings (SSSR count). The highest BCUT2D eigenvalue weighted by atomic mass is 32.2. The third-order valence-electron chi connectivity index (χ3n) is 4.21. The van der Waals surface area contributed by atoms with Gasteiger partial charge in [-0.1, -0.05) is 36.4 Å². The minimum atomic E-state index is -3.70. The number of carbonyl (C=O) groups excluding carboxylic acids is 1. The Kier molecular flexibility index (Phi) is 6.18. The average Bonchev–Trinajstić information content (AvgIpc) is 2.73. The molecule has 0 spiro atoms. The first kappa shape index (κ1) is 19.7. The van der Waals surface area contributed by atoms with E-state index in [2.05, 4.69) is 15.0 Å². The summed E-state index contributed by atoms with van der Waals surface area (Å²) in [5.74, 6) is -0.291. The molecule has 0 radical (unpaired) electrons. The first-order valence-electron chi connectivity index (χ1n) is 8.81. The van der Waals surface area contributed by atoms with E-state index < -0.39 is 10.0 Å². The van der Waals surface area contributed by atoms with Crippen molar-refractivity contribution in [3.63, 3.8) is 0 Å². The smallest absolute Gasteiger partial charge is 0.251 e. The van der Waals surface area contributed by atoms with Gasteiger partial charge in [-0.15, -0.1) is 0 Å². The maximum Gasteiger partial charge on any atom is 0.251 e. The molecule has 0 saturated heterocycles. The number of hydrogen-bond acceptors (Lipinski definition) is 4. The number of sulfonamides is 1. The lowest BCUT2D eigenvalue weighted by Crippen LogP contribution is -2.27. The van der Waals surface area contributed by atoms with Crippen LogP contribution in [0.4, 0.5) is 0 Å². The number of hydrogen-bond donors (Lipinski definition) is 2. The van der Waals surface area contributed by atoms with Gasteiger partial charge >= 0.3 is 0 Å². The van der Waals surface area contributed by atoms with Crippen LogP contribution < -0.4 is 10.0 Å². The van der Waals surface area contributed by atoms with E-state index in [9.17, 15) is 13.2 Å². The van der Waals surface area contributed by atoms with Gasteiger partial charge in [-0.05, 0) is 48.9 Å². The summed E-state index contributed by atoms with van der Waals surface area (Å²) in [6.07, 6.45) is 1.66. The Labute approximate surface area is 164 Å². The zero-order valence-corrected chi connectivity index (χ0v) is 16.2. The topological polar surface area (TPSA) is 88.2 Å². The van der Waals surface area contributed by atoms with Crippen molar-refractivity contribution >= 4 is 15.9 Å². The third-order valence-corrected chi connectivity index (χ3v) is 5.77. The molecule has 1 unspecified atom stereocenters. The lowest BCUT2D eigenvalue weighted by molar-refractivity contribution is 0.0950. The molecule has 0 saturated carbocycles. The Hall–Kier alpha value is -3.03. The molecule has 1 heterocycles. The van der Waals surface area contributed by atoms with Gasteiger partial charge in [0.25, 0.3) is 5.91 Å². The molecule has 0 aliphatic carbocycles. The van der Waals surface area contributed by atoms with Gasteiger partial charge in [0.1, 0.15) is 0 Å². The van der Waals surface area contributed by atoms with Crippen LogP contribution in [0.25, 0.3) is 0 Å². The van der Waals surface area contributed by atoms with E-state index in [1.807, 2.05) is 42.5 Å². The monoisotopic (exact) mass is 395 g/mol. The minimum Gasteiger partial charge on any atom is -0.346 e. The molecule has 1 atom stereocenters. The van der Waals surface area contributed by atoms with Gasteiger partial charge < -0.3 is 5.32 Å². The summed E-state index contributed by atoms with van der Waals surface area (Å²) in [4.78, 5) is 16.5. The number of pyridine rings is 1. The number of carbonyl (C=O) groups is 1. The number of amides is 1. The molecule has 28 heavy (non-hydrogen) atoms. The number of benzene rings is 2. The van der Waals surface area contributed by atoms with Crippen LogP contribution in [0, 0.1) is 0 Å². The summed E-state index contributed by atoms with van der Waals surface area (Å²) in [5.41, 5.74) is 2.00. The normalized spacial score (nSPS) is 12.3. The summed E-state index contributed by atoms with van der Waals surface area (Å²) >= 11 is 0. The molecule has 7 heteroatoms. The second-order valence-electron chi connectivity index (χ2n) is 6.28. The molecule has 0 aliphatic heterocycles. The molecular formula is C21H21N3O3S. The van der Waals surface area contributed by atoms with E-state index in [4.69, 9.17) is 0 Å². The number of rotatable bonds is 7. The van der Waals surface area contributed by atoms with Gasteiger partial charge in [0.2, 0.25) is 10.0 Å². The third kappa shape index (κ3) is 5.03. The zero-order chi connectivity index (χ0) is 20.0. The number of aromatic nitrogens is 1. The van der Waals surface area contributed by atoms with Crippen LogP contribution in [0.1, 0.15) is 34.6 Å². The molecule has 0 aliphatic rings. The van der Waals surface area contributed by atoms with Gasteiger partial charge in [-0.25, -0.2) is 13.1 Å². The molecule has 1 amide bonds. The second kappa shape index (κ2) is 8.77. The van der Waals surface area contributed by atoms with Crippen LogP contribution in [0.3, 0.4) is 0 Å². The molecule has 144 valence electrons. The molecule has 6 nitrogen and oxygen atoms in total. The van der Waals surface area contributed by atoms with Crippen molar-refractivity contribution in [3.8, 4) is 0 Å². The molecular weight excluding hydrogens is 374 g/mol. The molecule has 1 aromatic heterocycles. The standard InChI is InChI=1S/C21H21N3O3S/c1-16(17-7-3-2-4-8-17)24-28(26,27)20-12-10-18(11-13-20)21(25)23-15-19-9-5-6-14-22-19/h2-14,16,24H,15H2,1H3,(H,23,25). The fourth-order valence-corrected chi connectivity index (χ4v) is 3.90. The highest BCUT2D eigenvalue weighted by Gasteiger charge is 2.18. The average molecular weight is 395 g/mol. The summed E-state index contributed by atoms with van der Waals surface area (Å²) in [6.45, 7) is 2.09. The summed E-state index contributed by atoms with van der Waals surface area (Å²) in [7, 11) is -3.70. The Morgan fingerprint density at radius 2 is 1.64 bits per heavy atom. The maximum atomic E-state index is 12.6. The van der Waals surface area contributed by atoms with Crippen LogP contribution in [-0.2, 0) is 16.6 Å². The van der Waals surface area contributed by atoms with E-state index in [1.165, 1.54) is 24.3 Å². The van der Waals surface area contributed by atoms with E-state index in [-0.39, 0.29) is 16.8 Å². The van der Waals surface area contributed by atoms with Crippen LogP contribution in [-0.4, -0.2) is 19.3 Å². The predicted molar refractivity (Wildman–Crippen MR) is 107 cm³/mol. The SMILES string of the molecule is CC(NS(=O)(=O)c1ccc(C(=O)NCc2ccccn2)cc1)c1ccccc1. The Morgan fingerprint density at radius 1 is 0.964 bits per heavy atom. The second-order valence-corrected chi connectivity index (χ2v) is 8.00. The Bertz CT molecular complexity index is 1020. The van der Waals surface area contributed by atoms with Crippen LogP contribution in [0.15, 0.2) is 83.9 Å². The largest absolute Gasteiger partial charge is 0.346 e. The number of nitrogens with one attached hydrogen (secondary N) is 2. The van der Waals surface area contributed by atoms with Crippen molar-refractivity contribution in [2.45, 2.75) is 24.4 Å². The van der Waals surface area contributed by atoms with Crippen molar-refractivity contribution in [1.82, 2.24) is 15.0 Å². The highest BCUT2D eigenvalue weighted by molar-refractivity contribution is 7.89. The van der Waals surface area contributed by atoms with Crippen LogP contribution in [0.2, 0.25) is 0 Å². The number of nitrogens with zero attached hydrogens (tertiary/aromatic N) is 1. The van der Waals surface area contributed by atoms with Crippen molar-refractivity contribution in [2.24, 2.45) is 0 Å². The van der Waals surface area contributed by atoms with E-state index in [1.54, 1.807) is 19.2 Å². The highest BCUT2D eigenvalue weighted by Crippen LogP contribution is 2.17. The molecule has 3 aromatic rings. The molecule has 0 bridgehead atoms. The summed E-state index contributed by atoms with van der Waals surface area (Å²) < 4.78 is 27.8. The van der Waals surface area contributed by atoms with Crippen LogP contribution >= 0.6 is 0 Å². The van der Waals surface area contributed by atoms with Crippen LogP contribution in [0.5, 0.6) is 0 Å². The lowest BCUT2D eigenvalue weighted by Gasteiger charge is -2.15. The Balaban J connectivity index is 1.65. The zero-order valence-electron chi connectivity index (χ0n) is 15.4. The van der Waals surface area contributed by atoms with Crippen molar-refractivity contribution in [3.05, 3.63) is 95.8 Å². The first-order valence-corrected chi connectivity index (χ1v) is 10.3. The quantitative estimate of drug-likeness (QED) is 0.644. The van der Waals surface area contributed by atoms with Crippen molar-refractivity contribution in [2.75, 3.05) is 0 Å². The van der Waals surface area contributed by atoms with Gasteiger partial charge in [0.15, 0.2) is 0 Å². The maximum absolute atomic E-state index is 12.6. The summed E-state index contributed by atoms with van der Waals surface area (Å²) in [5, 5.41) is 2.76. The van der Waals surface area contributed by atoms with Crippen molar-refractivity contribution < 1.29 is 13.2 Å². The van der Waals surface area contributed by atoms with Gasteiger partial charge in [0.05, 0.1) is 17.1 Å². The summed E-state index contributed by atoms with van der Waals surface area (Å²) in [6, 6.07) is 20.3. The molecule has 0 fully saturated rings. The Morgan fingerprint density at radius 3 is 2.29 bits per heavy atom. The fourth-order valence-electron chi connectivity index (χ4n) is 2.67. The predicted octanol–water partition coefficient (Wildman–Crippen LogP) is 3.05. The molecule has 2 aromatic carbocycles. The fraction of sp³-hybridized carbons (Fsp3) is 0.143. The van der Waals surface area contributed by atoms with E-state index in [0.29, 0.717) is 12.1 Å². The minimum absolute atomic E-state index is 0.108.